The van der Waals surface area contributed by atoms with Gasteiger partial charge in [-0.2, -0.15) is 0 Å². The normalized spacial score (nSPS) is 20.4. The standard InChI is InChI=1S/C14H18N2O2/c1-16-7-3-4-13(16)12-8-11(9-15-10-12)5-6-14(17)18-2/h5-6,8-10,13H,3-4,7H2,1-2H3. The molecule has 4 nitrogen and oxygen atoms in total. The lowest BCUT2D eigenvalue weighted by atomic mass is 10.1. The molecule has 1 unspecified atom stereocenters. The van der Waals surface area contributed by atoms with Gasteiger partial charge in [-0.25, -0.2) is 4.79 Å². The highest BCUT2D eigenvalue weighted by Gasteiger charge is 2.22. The van der Waals surface area contributed by atoms with Crippen molar-refractivity contribution in [3.63, 3.8) is 0 Å². The lowest BCUT2D eigenvalue weighted by molar-refractivity contribution is -0.134. The fraction of sp³-hybridized carbons (Fsp3) is 0.429. The maximum absolute atomic E-state index is 11.0. The van der Waals surface area contributed by atoms with Crippen LogP contribution < -0.4 is 0 Å². The van der Waals surface area contributed by atoms with E-state index in [0.717, 1.165) is 12.1 Å². The van der Waals surface area contributed by atoms with Gasteiger partial charge in [0.2, 0.25) is 0 Å². The van der Waals surface area contributed by atoms with Crippen LogP contribution in [-0.4, -0.2) is 36.6 Å². The number of carbonyl (C=O) groups is 1. The molecule has 1 aliphatic rings. The number of carbonyl (C=O) groups excluding carboxylic acids is 1. The van der Waals surface area contributed by atoms with E-state index in [2.05, 4.69) is 27.7 Å². The number of hydrogen-bond acceptors (Lipinski definition) is 4. The van der Waals surface area contributed by atoms with Crippen LogP contribution in [0.4, 0.5) is 0 Å². The molecule has 96 valence electrons. The molecule has 1 atom stereocenters. The van der Waals surface area contributed by atoms with E-state index in [4.69, 9.17) is 0 Å². The summed E-state index contributed by atoms with van der Waals surface area (Å²) in [4.78, 5) is 17.6. The lowest BCUT2D eigenvalue weighted by Gasteiger charge is -2.19. The third-order valence-electron chi connectivity index (χ3n) is 3.30. The molecule has 2 heterocycles. The minimum absolute atomic E-state index is 0.349. The molecule has 0 N–H and O–H groups in total. The first-order valence-corrected chi connectivity index (χ1v) is 6.12. The lowest BCUT2D eigenvalue weighted by Crippen LogP contribution is -2.17. The summed E-state index contributed by atoms with van der Waals surface area (Å²) in [6.45, 7) is 1.13. The number of esters is 1. The summed E-state index contributed by atoms with van der Waals surface area (Å²) < 4.78 is 4.56. The Kier molecular flexibility index (Phi) is 4.10. The smallest absolute Gasteiger partial charge is 0.330 e. The molecule has 1 fully saturated rings. The van der Waals surface area contributed by atoms with Crippen molar-refractivity contribution < 1.29 is 9.53 Å². The van der Waals surface area contributed by atoms with Gasteiger partial charge in [0.05, 0.1) is 7.11 Å². The fourth-order valence-electron chi connectivity index (χ4n) is 2.31. The average molecular weight is 246 g/mol. The van der Waals surface area contributed by atoms with Crippen molar-refractivity contribution >= 4 is 12.0 Å². The topological polar surface area (TPSA) is 42.4 Å². The van der Waals surface area contributed by atoms with E-state index in [1.807, 2.05) is 6.20 Å². The van der Waals surface area contributed by atoms with Crippen LogP contribution in [-0.2, 0) is 9.53 Å². The molecule has 0 spiro atoms. The third kappa shape index (κ3) is 2.96. The summed E-state index contributed by atoms with van der Waals surface area (Å²) >= 11 is 0. The van der Waals surface area contributed by atoms with Crippen LogP contribution in [0.5, 0.6) is 0 Å². The van der Waals surface area contributed by atoms with Gasteiger partial charge in [0.1, 0.15) is 0 Å². The van der Waals surface area contributed by atoms with Gasteiger partial charge < -0.3 is 4.74 Å². The van der Waals surface area contributed by atoms with Crippen LogP contribution in [0.2, 0.25) is 0 Å². The Labute approximate surface area is 107 Å². The minimum atomic E-state index is -0.349. The predicted octanol–water partition coefficient (Wildman–Crippen LogP) is 2.03. The zero-order chi connectivity index (χ0) is 13.0. The molecule has 0 amide bonds. The molecule has 0 radical (unpaired) electrons. The Morgan fingerprint density at radius 1 is 1.56 bits per heavy atom. The molecule has 1 aliphatic heterocycles. The largest absolute Gasteiger partial charge is 0.466 e. The molecule has 2 rings (SSSR count). The fourth-order valence-corrected chi connectivity index (χ4v) is 2.31. The summed E-state index contributed by atoms with van der Waals surface area (Å²) in [5, 5.41) is 0. The third-order valence-corrected chi connectivity index (χ3v) is 3.30. The van der Waals surface area contributed by atoms with E-state index in [0.29, 0.717) is 6.04 Å². The second kappa shape index (κ2) is 5.78. The number of methoxy groups -OCH3 is 1. The van der Waals surface area contributed by atoms with Gasteiger partial charge in [0.15, 0.2) is 0 Å². The van der Waals surface area contributed by atoms with Crippen molar-refractivity contribution in [1.29, 1.82) is 0 Å². The molecule has 18 heavy (non-hydrogen) atoms. The van der Waals surface area contributed by atoms with Crippen molar-refractivity contribution in [3.8, 4) is 0 Å². The molecule has 0 aliphatic carbocycles. The first-order valence-electron chi connectivity index (χ1n) is 6.12. The van der Waals surface area contributed by atoms with Gasteiger partial charge in [0.25, 0.3) is 0 Å². The van der Waals surface area contributed by atoms with E-state index in [9.17, 15) is 4.79 Å². The number of rotatable bonds is 3. The van der Waals surface area contributed by atoms with Crippen LogP contribution in [0.15, 0.2) is 24.5 Å². The Hall–Kier alpha value is -1.68. The van der Waals surface area contributed by atoms with E-state index >= 15 is 0 Å². The highest BCUT2D eigenvalue weighted by Crippen LogP contribution is 2.30. The molecule has 0 bridgehead atoms. The monoisotopic (exact) mass is 246 g/mol. The summed E-state index contributed by atoms with van der Waals surface area (Å²) in [6.07, 6.45) is 9.20. The highest BCUT2D eigenvalue weighted by molar-refractivity contribution is 5.86. The van der Waals surface area contributed by atoms with Crippen LogP contribution in [0.1, 0.15) is 30.0 Å². The molecule has 4 heteroatoms. The van der Waals surface area contributed by atoms with Crippen molar-refractivity contribution in [2.75, 3.05) is 20.7 Å². The van der Waals surface area contributed by atoms with Crippen molar-refractivity contribution in [3.05, 3.63) is 35.7 Å². The quantitative estimate of drug-likeness (QED) is 0.604. The molecule has 1 aromatic heterocycles. The van der Waals surface area contributed by atoms with Gasteiger partial charge in [-0.15, -0.1) is 0 Å². The summed E-state index contributed by atoms with van der Waals surface area (Å²) in [5.41, 5.74) is 2.14. The van der Waals surface area contributed by atoms with E-state index in [-0.39, 0.29) is 5.97 Å². The maximum atomic E-state index is 11.0. The van der Waals surface area contributed by atoms with Gasteiger partial charge >= 0.3 is 5.97 Å². The van der Waals surface area contributed by atoms with Crippen LogP contribution in [0.25, 0.3) is 6.08 Å². The molecule has 0 saturated carbocycles. The Balaban J connectivity index is 2.14. The molecule has 0 aromatic carbocycles. The summed E-state index contributed by atoms with van der Waals surface area (Å²) in [7, 11) is 3.50. The molecular formula is C14H18N2O2. The zero-order valence-corrected chi connectivity index (χ0v) is 10.8. The Morgan fingerprint density at radius 2 is 2.39 bits per heavy atom. The Morgan fingerprint density at radius 3 is 3.06 bits per heavy atom. The zero-order valence-electron chi connectivity index (χ0n) is 10.8. The van der Waals surface area contributed by atoms with Crippen LogP contribution in [0, 0.1) is 0 Å². The van der Waals surface area contributed by atoms with Crippen molar-refractivity contribution in [2.24, 2.45) is 0 Å². The molecule has 1 aromatic rings. The molecular weight excluding hydrogens is 228 g/mol. The first-order chi connectivity index (χ1) is 8.70. The number of ether oxygens (including phenoxy) is 1. The minimum Gasteiger partial charge on any atom is -0.466 e. The second-order valence-electron chi connectivity index (χ2n) is 4.55. The first kappa shape index (κ1) is 12.8. The number of pyridine rings is 1. The van der Waals surface area contributed by atoms with Gasteiger partial charge in [-0.1, -0.05) is 0 Å². The average Bonchev–Trinajstić information content (AvgIpc) is 2.82. The van der Waals surface area contributed by atoms with E-state index in [1.54, 1.807) is 12.3 Å². The highest BCUT2D eigenvalue weighted by atomic mass is 16.5. The van der Waals surface area contributed by atoms with E-state index in [1.165, 1.54) is 31.6 Å². The van der Waals surface area contributed by atoms with Gasteiger partial charge in [-0.05, 0) is 49.7 Å². The predicted molar refractivity (Wildman–Crippen MR) is 69.9 cm³/mol. The number of likely N-dealkylation sites (tertiary alicyclic amines) is 1. The number of hydrogen-bond donors (Lipinski definition) is 0. The number of nitrogens with zero attached hydrogens (tertiary/aromatic N) is 2. The van der Waals surface area contributed by atoms with Gasteiger partial charge in [-0.3, -0.25) is 9.88 Å². The molecule has 1 saturated heterocycles. The van der Waals surface area contributed by atoms with Crippen molar-refractivity contribution in [1.82, 2.24) is 9.88 Å². The number of aromatic nitrogens is 1. The van der Waals surface area contributed by atoms with E-state index < -0.39 is 0 Å². The SMILES string of the molecule is COC(=O)C=Cc1cncc(C2CCCN2C)c1. The summed E-state index contributed by atoms with van der Waals surface area (Å²) in [6, 6.07) is 2.53. The van der Waals surface area contributed by atoms with Gasteiger partial charge in [0, 0.05) is 24.5 Å². The summed E-state index contributed by atoms with van der Waals surface area (Å²) in [5.74, 6) is -0.349. The van der Waals surface area contributed by atoms with Crippen LogP contribution >= 0.6 is 0 Å². The maximum Gasteiger partial charge on any atom is 0.330 e. The Bertz CT molecular complexity index is 457. The second-order valence-corrected chi connectivity index (χ2v) is 4.55. The van der Waals surface area contributed by atoms with Crippen LogP contribution in [0.3, 0.4) is 0 Å². The van der Waals surface area contributed by atoms with Crippen molar-refractivity contribution in [2.45, 2.75) is 18.9 Å².